The predicted octanol–water partition coefficient (Wildman–Crippen LogP) is 4.21. The summed E-state index contributed by atoms with van der Waals surface area (Å²) in [5.74, 6) is 1.46. The van der Waals surface area contributed by atoms with Gasteiger partial charge < -0.3 is 9.26 Å². The van der Waals surface area contributed by atoms with E-state index in [9.17, 15) is 8.42 Å². The molecule has 0 bridgehead atoms. The molecule has 3 aromatic carbocycles. The van der Waals surface area contributed by atoms with Gasteiger partial charge in [0.15, 0.2) is 0 Å². The number of anilines is 1. The number of hydrogen-bond donors (Lipinski definition) is 1. The monoisotopic (exact) mass is 407 g/mol. The largest absolute Gasteiger partial charge is 0.497 e. The van der Waals surface area contributed by atoms with E-state index < -0.39 is 10.0 Å². The van der Waals surface area contributed by atoms with Crippen LogP contribution < -0.4 is 9.46 Å². The molecule has 1 heterocycles. The number of ether oxygens (including phenoxy) is 1. The van der Waals surface area contributed by atoms with Gasteiger partial charge in [-0.05, 0) is 54.6 Å². The van der Waals surface area contributed by atoms with E-state index in [0.29, 0.717) is 28.7 Å². The topological polar surface area (TPSA) is 94.3 Å². The van der Waals surface area contributed by atoms with Crippen LogP contribution in [0.1, 0.15) is 0 Å². The molecule has 0 saturated carbocycles. The maximum Gasteiger partial charge on any atom is 0.261 e. The van der Waals surface area contributed by atoms with E-state index >= 15 is 0 Å². The fourth-order valence-corrected chi connectivity index (χ4v) is 3.79. The van der Waals surface area contributed by atoms with Gasteiger partial charge in [0.25, 0.3) is 15.9 Å². The lowest BCUT2D eigenvalue weighted by Gasteiger charge is -2.08. The van der Waals surface area contributed by atoms with Crippen LogP contribution in [-0.2, 0) is 10.0 Å². The summed E-state index contributed by atoms with van der Waals surface area (Å²) in [6.45, 7) is 0. The van der Waals surface area contributed by atoms with Gasteiger partial charge in [-0.3, -0.25) is 4.72 Å². The zero-order valence-electron chi connectivity index (χ0n) is 15.4. The molecule has 4 rings (SSSR count). The van der Waals surface area contributed by atoms with Crippen molar-refractivity contribution in [2.24, 2.45) is 0 Å². The first-order valence-electron chi connectivity index (χ1n) is 8.71. The fourth-order valence-electron chi connectivity index (χ4n) is 2.72. The summed E-state index contributed by atoms with van der Waals surface area (Å²) in [6, 6.07) is 22.3. The van der Waals surface area contributed by atoms with Crippen LogP contribution in [-0.4, -0.2) is 25.7 Å². The molecule has 146 valence electrons. The van der Waals surface area contributed by atoms with E-state index in [-0.39, 0.29) is 4.90 Å². The van der Waals surface area contributed by atoms with Gasteiger partial charge in [-0.2, -0.15) is 4.98 Å². The summed E-state index contributed by atoms with van der Waals surface area (Å²) >= 11 is 0. The molecule has 0 aliphatic rings. The van der Waals surface area contributed by atoms with Crippen molar-refractivity contribution in [3.8, 4) is 28.6 Å². The average Bonchev–Trinajstić information content (AvgIpc) is 3.25. The number of aromatic nitrogens is 2. The molecule has 8 heteroatoms. The van der Waals surface area contributed by atoms with E-state index in [1.165, 1.54) is 12.1 Å². The van der Waals surface area contributed by atoms with Crippen LogP contribution in [0.5, 0.6) is 5.75 Å². The Hall–Kier alpha value is -3.65. The first kappa shape index (κ1) is 18.7. The molecule has 0 radical (unpaired) electrons. The molecule has 0 unspecified atom stereocenters. The zero-order valence-corrected chi connectivity index (χ0v) is 16.3. The van der Waals surface area contributed by atoms with Crippen LogP contribution in [0.3, 0.4) is 0 Å². The minimum Gasteiger partial charge on any atom is -0.497 e. The van der Waals surface area contributed by atoms with Crippen molar-refractivity contribution >= 4 is 15.7 Å². The molecular formula is C21H17N3O4S. The molecule has 0 aliphatic heterocycles. The van der Waals surface area contributed by atoms with Crippen LogP contribution in [0.2, 0.25) is 0 Å². The lowest BCUT2D eigenvalue weighted by molar-refractivity contribution is 0.413. The Balaban J connectivity index is 1.53. The zero-order chi connectivity index (χ0) is 20.3. The number of methoxy groups -OCH3 is 1. The summed E-state index contributed by atoms with van der Waals surface area (Å²) in [5, 5.41) is 4.00. The van der Waals surface area contributed by atoms with Gasteiger partial charge in [0.2, 0.25) is 5.82 Å². The van der Waals surface area contributed by atoms with E-state index in [1.807, 2.05) is 18.2 Å². The fraction of sp³-hybridized carbons (Fsp3) is 0.0476. The summed E-state index contributed by atoms with van der Waals surface area (Å²) in [6.07, 6.45) is 0. The summed E-state index contributed by atoms with van der Waals surface area (Å²) < 4.78 is 37.9. The van der Waals surface area contributed by atoms with Gasteiger partial charge in [0, 0.05) is 16.8 Å². The molecule has 0 saturated heterocycles. The Morgan fingerprint density at radius 2 is 1.66 bits per heavy atom. The van der Waals surface area contributed by atoms with E-state index in [2.05, 4.69) is 14.9 Å². The Morgan fingerprint density at radius 1 is 0.897 bits per heavy atom. The van der Waals surface area contributed by atoms with Gasteiger partial charge >= 0.3 is 0 Å². The highest BCUT2D eigenvalue weighted by atomic mass is 32.2. The first-order chi connectivity index (χ1) is 14.0. The Kier molecular flexibility index (Phi) is 5.01. The number of hydrogen-bond acceptors (Lipinski definition) is 6. The molecule has 1 N–H and O–H groups in total. The minimum atomic E-state index is -3.64. The minimum absolute atomic E-state index is 0.199. The molecular weight excluding hydrogens is 390 g/mol. The van der Waals surface area contributed by atoms with Crippen molar-refractivity contribution in [2.45, 2.75) is 4.90 Å². The number of rotatable bonds is 6. The van der Waals surface area contributed by atoms with Crippen molar-refractivity contribution in [3.05, 3.63) is 78.9 Å². The van der Waals surface area contributed by atoms with Gasteiger partial charge in [-0.1, -0.05) is 29.4 Å². The molecule has 0 fully saturated rings. The summed E-state index contributed by atoms with van der Waals surface area (Å²) in [4.78, 5) is 4.61. The van der Waals surface area contributed by atoms with Crippen molar-refractivity contribution in [1.29, 1.82) is 0 Å². The van der Waals surface area contributed by atoms with Gasteiger partial charge in [-0.25, -0.2) is 8.42 Å². The molecule has 0 atom stereocenters. The number of nitrogens with zero attached hydrogens (tertiary/aromatic N) is 2. The Morgan fingerprint density at radius 3 is 2.38 bits per heavy atom. The molecule has 0 amide bonds. The quantitative estimate of drug-likeness (QED) is 0.514. The third kappa shape index (κ3) is 4.12. The van der Waals surface area contributed by atoms with Crippen LogP contribution >= 0.6 is 0 Å². The number of sulfonamides is 1. The van der Waals surface area contributed by atoms with Crippen molar-refractivity contribution in [2.75, 3.05) is 11.8 Å². The molecule has 0 aliphatic carbocycles. The maximum absolute atomic E-state index is 12.4. The van der Waals surface area contributed by atoms with Crippen LogP contribution in [0.15, 0.2) is 88.3 Å². The highest BCUT2D eigenvalue weighted by molar-refractivity contribution is 7.92. The Labute approximate surface area is 168 Å². The second-order valence-corrected chi connectivity index (χ2v) is 7.83. The lowest BCUT2D eigenvalue weighted by Crippen LogP contribution is -2.12. The SMILES string of the molecule is COc1cccc(-c2nc(-c3ccc(NS(=O)(=O)c4ccccc4)cc3)no2)c1. The third-order valence-electron chi connectivity index (χ3n) is 4.19. The first-order valence-corrected chi connectivity index (χ1v) is 10.2. The predicted molar refractivity (Wildman–Crippen MR) is 109 cm³/mol. The number of benzene rings is 3. The second kappa shape index (κ2) is 7.76. The Bertz CT molecular complexity index is 1220. The summed E-state index contributed by atoms with van der Waals surface area (Å²) in [5.41, 5.74) is 1.88. The maximum atomic E-state index is 12.4. The van der Waals surface area contributed by atoms with Crippen LogP contribution in [0.4, 0.5) is 5.69 Å². The molecule has 0 spiro atoms. The van der Waals surface area contributed by atoms with E-state index in [4.69, 9.17) is 9.26 Å². The highest BCUT2D eigenvalue weighted by Crippen LogP contribution is 2.26. The molecule has 1 aromatic heterocycles. The standard InChI is InChI=1S/C21H17N3O4S/c1-27-18-7-5-6-16(14-18)21-22-20(23-28-21)15-10-12-17(13-11-15)24-29(25,26)19-8-3-2-4-9-19/h2-14,24H,1H3. The molecule has 7 nitrogen and oxygen atoms in total. The van der Waals surface area contributed by atoms with Gasteiger partial charge in [0.05, 0.1) is 12.0 Å². The van der Waals surface area contributed by atoms with Crippen molar-refractivity contribution < 1.29 is 17.7 Å². The van der Waals surface area contributed by atoms with Crippen molar-refractivity contribution in [3.63, 3.8) is 0 Å². The van der Waals surface area contributed by atoms with Crippen LogP contribution in [0, 0.1) is 0 Å². The number of nitrogens with one attached hydrogen (secondary N) is 1. The molecule has 4 aromatic rings. The third-order valence-corrected chi connectivity index (χ3v) is 5.59. The van der Waals surface area contributed by atoms with Crippen molar-refractivity contribution in [1.82, 2.24) is 10.1 Å². The lowest BCUT2D eigenvalue weighted by atomic mass is 10.2. The van der Waals surface area contributed by atoms with E-state index in [1.54, 1.807) is 55.6 Å². The highest BCUT2D eigenvalue weighted by Gasteiger charge is 2.15. The van der Waals surface area contributed by atoms with Gasteiger partial charge in [-0.15, -0.1) is 0 Å². The average molecular weight is 407 g/mol. The normalized spacial score (nSPS) is 11.2. The van der Waals surface area contributed by atoms with Gasteiger partial charge in [0.1, 0.15) is 5.75 Å². The van der Waals surface area contributed by atoms with E-state index in [0.717, 1.165) is 5.56 Å². The smallest absolute Gasteiger partial charge is 0.261 e. The van der Waals surface area contributed by atoms with Crippen LogP contribution in [0.25, 0.3) is 22.8 Å². The summed E-state index contributed by atoms with van der Waals surface area (Å²) in [7, 11) is -2.05. The second-order valence-electron chi connectivity index (χ2n) is 6.15. The molecule has 29 heavy (non-hydrogen) atoms.